The highest BCUT2D eigenvalue weighted by Crippen LogP contribution is 2.43. The smallest absolute Gasteiger partial charge is 0.462 e. The van der Waals surface area contributed by atoms with Gasteiger partial charge in [0.25, 0.3) is 0 Å². The summed E-state index contributed by atoms with van der Waals surface area (Å²) in [5.74, 6) is -0.889. The van der Waals surface area contributed by atoms with Gasteiger partial charge in [-0.3, -0.25) is 18.6 Å². The molecule has 0 amide bonds. The number of esters is 2. The lowest BCUT2D eigenvalue weighted by atomic mass is 10.1. The SMILES string of the molecule is CC/C=C\C/C=C\C/C=C\C/C=C\C/C=C\C/C=C\C/C=C\C/C=C\C/C=C\C/C=C\C/C=C\C/C=C\CCCCCCC(=O)OC(COC(=O)CCCCCCC/C=C\C/C=C\CCCC)COP(=O)(O)OCCN. The summed E-state index contributed by atoms with van der Waals surface area (Å²) in [6.07, 6.45) is 88.4. The predicted octanol–water partition coefficient (Wildman–Crippen LogP) is 18.7. The molecule has 0 aromatic carbocycles. The molecule has 0 aromatic rings. The number of carbonyl (C=O) groups excluding carboxylic acids is 2. The minimum Gasteiger partial charge on any atom is -0.462 e. The maximum atomic E-state index is 12.7. The predicted molar refractivity (Wildman–Crippen MR) is 325 cm³/mol. The lowest BCUT2D eigenvalue weighted by Crippen LogP contribution is -2.29. The van der Waals surface area contributed by atoms with Crippen molar-refractivity contribution in [1.29, 1.82) is 0 Å². The Morgan fingerprint density at radius 3 is 1.08 bits per heavy atom. The zero-order valence-corrected chi connectivity index (χ0v) is 48.3. The third-order valence-corrected chi connectivity index (χ3v) is 12.3. The van der Waals surface area contributed by atoms with Crippen LogP contribution in [0.5, 0.6) is 0 Å². The average Bonchev–Trinajstić information content (AvgIpc) is 3.41. The van der Waals surface area contributed by atoms with Crippen molar-refractivity contribution in [2.75, 3.05) is 26.4 Å². The summed E-state index contributed by atoms with van der Waals surface area (Å²) >= 11 is 0. The first kappa shape index (κ1) is 71.4. The fourth-order valence-electron chi connectivity index (χ4n) is 7.04. The standard InChI is InChI=1S/C66H104NO8P/c1-3-5-7-9-11-13-15-17-19-20-21-22-23-24-25-26-27-28-29-30-31-32-33-34-35-36-37-38-39-40-41-42-43-44-45-47-49-51-53-55-57-59-66(69)75-64(63-74-76(70,71)73-61-60-67)62-72-65(68)58-56-54-52-50-48-46-18-16-14-12-10-8-6-4-2/h5,7,10-13,16-19,21-22,24-25,27-28,30-31,33-34,36-37,39-40,42-43,45,47,64H,3-4,6,8-9,14-15,20,23,26,29,32,35,38,41,44,46,48-63,67H2,1-2H3,(H,70,71)/b7-5-,12-10-,13-11-,18-16-,19-17-,22-21-,25-24-,28-27-,31-30-,34-33-,37-36-,40-39-,43-42-,47-45-. The Morgan fingerprint density at radius 1 is 0.408 bits per heavy atom. The molecular weight excluding hydrogens is 966 g/mol. The second-order valence-electron chi connectivity index (χ2n) is 18.4. The van der Waals surface area contributed by atoms with E-state index in [0.29, 0.717) is 12.8 Å². The number of rotatable bonds is 52. The first-order valence-corrected chi connectivity index (χ1v) is 30.6. The molecule has 2 atom stereocenters. The molecule has 2 unspecified atom stereocenters. The molecule has 0 aliphatic rings. The zero-order chi connectivity index (χ0) is 55.2. The number of carbonyl (C=O) groups is 2. The van der Waals surface area contributed by atoms with Gasteiger partial charge in [-0.25, -0.2) is 4.57 Å². The van der Waals surface area contributed by atoms with Crippen molar-refractivity contribution >= 4 is 19.8 Å². The molecular formula is C66H104NO8P. The zero-order valence-electron chi connectivity index (χ0n) is 47.4. The number of hydrogen-bond donors (Lipinski definition) is 2. The highest BCUT2D eigenvalue weighted by molar-refractivity contribution is 7.47. The Hall–Kier alpha value is -4.63. The van der Waals surface area contributed by atoms with E-state index < -0.39 is 32.5 Å². The number of ether oxygens (including phenoxy) is 2. The minimum atomic E-state index is -4.41. The van der Waals surface area contributed by atoms with Gasteiger partial charge < -0.3 is 20.1 Å². The molecule has 0 spiro atoms. The lowest BCUT2D eigenvalue weighted by Gasteiger charge is -2.19. The Balaban J connectivity index is 4.07. The van der Waals surface area contributed by atoms with E-state index in [0.717, 1.165) is 148 Å². The van der Waals surface area contributed by atoms with Gasteiger partial charge in [0.1, 0.15) is 6.61 Å². The molecule has 0 aliphatic heterocycles. The lowest BCUT2D eigenvalue weighted by molar-refractivity contribution is -0.161. The molecule has 0 rings (SSSR count). The van der Waals surface area contributed by atoms with Crippen LogP contribution in [-0.2, 0) is 32.7 Å². The molecule has 0 aromatic heterocycles. The van der Waals surface area contributed by atoms with Crippen LogP contribution in [0.1, 0.15) is 200 Å². The molecule has 0 heterocycles. The summed E-state index contributed by atoms with van der Waals surface area (Å²) in [5.41, 5.74) is 5.37. The van der Waals surface area contributed by atoms with Crippen LogP contribution in [0.4, 0.5) is 0 Å². The van der Waals surface area contributed by atoms with Crippen LogP contribution in [0, 0.1) is 0 Å². The summed E-state index contributed by atoms with van der Waals surface area (Å²) in [7, 11) is -4.41. The van der Waals surface area contributed by atoms with E-state index in [2.05, 4.69) is 184 Å². The van der Waals surface area contributed by atoms with Gasteiger partial charge in [0, 0.05) is 19.4 Å². The van der Waals surface area contributed by atoms with Crippen LogP contribution in [0.15, 0.2) is 170 Å². The van der Waals surface area contributed by atoms with Gasteiger partial charge in [-0.15, -0.1) is 0 Å². The van der Waals surface area contributed by atoms with Gasteiger partial charge >= 0.3 is 19.8 Å². The third kappa shape index (κ3) is 58.6. The number of phosphoric acid groups is 1. The van der Waals surface area contributed by atoms with Crippen molar-refractivity contribution in [3.05, 3.63) is 170 Å². The van der Waals surface area contributed by atoms with E-state index in [9.17, 15) is 19.0 Å². The Morgan fingerprint density at radius 2 is 0.724 bits per heavy atom. The van der Waals surface area contributed by atoms with E-state index in [4.69, 9.17) is 24.3 Å². The third-order valence-electron chi connectivity index (χ3n) is 11.3. The van der Waals surface area contributed by atoms with Crippen LogP contribution < -0.4 is 5.73 Å². The quantitative estimate of drug-likeness (QED) is 0.0264. The summed E-state index contributed by atoms with van der Waals surface area (Å²) in [6, 6.07) is 0. The minimum absolute atomic E-state index is 0.0378. The second kappa shape index (κ2) is 59.6. The number of phosphoric ester groups is 1. The van der Waals surface area contributed by atoms with Crippen LogP contribution in [0.25, 0.3) is 0 Å². The van der Waals surface area contributed by atoms with E-state index in [1.165, 1.54) is 12.8 Å². The summed E-state index contributed by atoms with van der Waals surface area (Å²) in [5, 5.41) is 0. The van der Waals surface area contributed by atoms with Crippen molar-refractivity contribution in [2.24, 2.45) is 5.73 Å². The molecule has 76 heavy (non-hydrogen) atoms. The fraction of sp³-hybridized carbons (Fsp3) is 0.545. The molecule has 0 saturated carbocycles. The first-order chi connectivity index (χ1) is 37.3. The Bertz CT molecular complexity index is 1840. The van der Waals surface area contributed by atoms with Gasteiger partial charge in [0.2, 0.25) is 0 Å². The van der Waals surface area contributed by atoms with Crippen LogP contribution in [0.2, 0.25) is 0 Å². The summed E-state index contributed by atoms with van der Waals surface area (Å²) in [6.45, 7) is 3.50. The molecule has 0 radical (unpaired) electrons. The second-order valence-corrected chi connectivity index (χ2v) is 19.9. The molecule has 0 saturated heterocycles. The largest absolute Gasteiger partial charge is 0.472 e. The number of allylic oxidation sites excluding steroid dienone is 28. The van der Waals surface area contributed by atoms with E-state index in [1.807, 2.05) is 0 Å². The van der Waals surface area contributed by atoms with Crippen molar-refractivity contribution < 1.29 is 37.6 Å². The number of nitrogens with two attached hydrogens (primary N) is 1. The highest BCUT2D eigenvalue weighted by atomic mass is 31.2. The van der Waals surface area contributed by atoms with Gasteiger partial charge in [-0.05, 0) is 128 Å². The molecule has 0 fully saturated rings. The van der Waals surface area contributed by atoms with Crippen molar-refractivity contribution in [3.8, 4) is 0 Å². The monoisotopic (exact) mass is 1070 g/mol. The molecule has 426 valence electrons. The van der Waals surface area contributed by atoms with Crippen molar-refractivity contribution in [3.63, 3.8) is 0 Å². The van der Waals surface area contributed by atoms with Crippen molar-refractivity contribution in [2.45, 2.75) is 206 Å². The fourth-order valence-corrected chi connectivity index (χ4v) is 7.81. The normalized spacial score (nSPS) is 14.3. The molecule has 0 aliphatic carbocycles. The topological polar surface area (TPSA) is 134 Å². The maximum Gasteiger partial charge on any atom is 0.472 e. The maximum absolute atomic E-state index is 12.7. The van der Waals surface area contributed by atoms with Crippen molar-refractivity contribution in [1.82, 2.24) is 0 Å². The number of hydrogen-bond acceptors (Lipinski definition) is 8. The van der Waals surface area contributed by atoms with Crippen LogP contribution in [0.3, 0.4) is 0 Å². The van der Waals surface area contributed by atoms with E-state index >= 15 is 0 Å². The molecule has 10 heteroatoms. The Kier molecular flexibility index (Phi) is 56.0. The van der Waals surface area contributed by atoms with E-state index in [-0.39, 0.29) is 32.6 Å². The van der Waals surface area contributed by atoms with Gasteiger partial charge in [0.15, 0.2) is 6.10 Å². The Labute approximate surface area is 463 Å². The molecule has 3 N–H and O–H groups in total. The van der Waals surface area contributed by atoms with Gasteiger partial charge in [0.05, 0.1) is 13.2 Å². The summed E-state index contributed by atoms with van der Waals surface area (Å²) in [4.78, 5) is 35.1. The van der Waals surface area contributed by atoms with Gasteiger partial charge in [-0.1, -0.05) is 229 Å². The highest BCUT2D eigenvalue weighted by Gasteiger charge is 2.26. The van der Waals surface area contributed by atoms with Gasteiger partial charge in [-0.2, -0.15) is 0 Å². The van der Waals surface area contributed by atoms with Crippen LogP contribution in [-0.4, -0.2) is 49.3 Å². The first-order valence-electron chi connectivity index (χ1n) is 29.1. The molecule has 9 nitrogen and oxygen atoms in total. The summed E-state index contributed by atoms with van der Waals surface area (Å²) < 4.78 is 32.9. The molecule has 0 bridgehead atoms. The number of unbranched alkanes of at least 4 members (excludes halogenated alkanes) is 11. The van der Waals surface area contributed by atoms with Crippen LogP contribution >= 0.6 is 7.82 Å². The average molecular weight is 1070 g/mol. The van der Waals surface area contributed by atoms with E-state index in [1.54, 1.807) is 0 Å².